The molecule has 8 saturated heterocycles. The number of nitrogens with one attached hydrogen (secondary N) is 4. The van der Waals surface area contributed by atoms with Crippen LogP contribution in [0.2, 0.25) is 0 Å². The van der Waals surface area contributed by atoms with Crippen LogP contribution in [0.4, 0.5) is 40.8 Å². The number of pyridine rings is 4. The van der Waals surface area contributed by atoms with Gasteiger partial charge in [0.2, 0.25) is 0 Å². The van der Waals surface area contributed by atoms with Gasteiger partial charge in [-0.1, -0.05) is 54.6 Å². The fourth-order valence-electron chi connectivity index (χ4n) is 23.4. The highest BCUT2D eigenvalue weighted by Gasteiger charge is 2.43. The van der Waals surface area contributed by atoms with E-state index >= 15 is 4.39 Å². The van der Waals surface area contributed by atoms with Crippen LogP contribution >= 0.6 is 0 Å². The van der Waals surface area contributed by atoms with Crippen LogP contribution in [0.5, 0.6) is 0 Å². The Labute approximate surface area is 868 Å². The van der Waals surface area contributed by atoms with E-state index in [9.17, 15) is 52.8 Å². The van der Waals surface area contributed by atoms with Gasteiger partial charge in [-0.3, -0.25) is 38.8 Å². The summed E-state index contributed by atoms with van der Waals surface area (Å²) in [6.07, 6.45) is 33.9. The molecular formula is C116H152F4N12O16. The Bertz CT molecular complexity index is 5250. The summed E-state index contributed by atoms with van der Waals surface area (Å²) in [6.45, 7) is 13.5. The van der Waals surface area contributed by atoms with Gasteiger partial charge in [0, 0.05) is 160 Å². The third-order valence-electron chi connectivity index (χ3n) is 31.1. The van der Waals surface area contributed by atoms with Crippen molar-refractivity contribution in [3.05, 3.63) is 234 Å². The van der Waals surface area contributed by atoms with Crippen LogP contribution in [0.15, 0.2) is 121 Å². The number of anilines is 4. The van der Waals surface area contributed by atoms with Crippen LogP contribution in [0, 0.1) is 23.3 Å². The molecule has 8 aromatic rings. The van der Waals surface area contributed by atoms with Crippen molar-refractivity contribution in [3.63, 3.8) is 0 Å². The number of rotatable bonds is 40. The van der Waals surface area contributed by atoms with Gasteiger partial charge in [-0.2, -0.15) is 0 Å². The molecule has 8 fully saturated rings. The van der Waals surface area contributed by atoms with Crippen molar-refractivity contribution in [1.82, 2.24) is 39.5 Å². The standard InChI is InChI=1S/4C29H38FN3O4/c30-24-10-5-9-23(25-11-2-4-18-37-25)26(24)27(29(34)35)33-16-14-22(19-33)36-17-3-1-8-21-13-12-20-7-6-15-31-28(20)32-21;3*30-21-10-12-24(26-8-2-4-17-37-26)25(18-21)27(29(34)35)33-15-13-23(19-33)36-16-3-1-7-22-11-9-20-6-5-14-31-28(20)32-22/h5,9-10,12-13,22,25,27H,1-4,6-8,11,14-19H2,(H,31,32)(H,34,35);3*9-12,18,23,26-27H,1-8,13-17,19H2,(H,31,32)(H,34,35)/t22-,25?,27+;2*23-,26?,27+;23-,26?,27-/m1101/s1. The predicted octanol–water partition coefficient (Wildman–Crippen LogP) is 20.2. The fraction of sp³-hybridized carbons (Fsp3) is 0.586. The van der Waals surface area contributed by atoms with Crippen molar-refractivity contribution in [2.45, 2.75) is 304 Å². The van der Waals surface area contributed by atoms with Gasteiger partial charge >= 0.3 is 23.9 Å². The van der Waals surface area contributed by atoms with Crippen molar-refractivity contribution in [2.75, 3.05) is 153 Å². The maximum Gasteiger partial charge on any atom is 0.325 e. The predicted molar refractivity (Wildman–Crippen MR) is 557 cm³/mol. The van der Waals surface area contributed by atoms with E-state index in [4.69, 9.17) is 57.8 Å². The largest absolute Gasteiger partial charge is 0.480 e. The molecule has 28 nitrogen and oxygen atoms in total. The fourth-order valence-corrected chi connectivity index (χ4v) is 23.4. The van der Waals surface area contributed by atoms with E-state index in [1.54, 1.807) is 24.3 Å². The summed E-state index contributed by atoms with van der Waals surface area (Å²) in [6, 6.07) is 31.8. The van der Waals surface area contributed by atoms with E-state index in [0.717, 1.165) is 320 Å². The number of carboxylic acids is 4. The summed E-state index contributed by atoms with van der Waals surface area (Å²) in [5, 5.41) is 54.2. The second-order valence-corrected chi connectivity index (χ2v) is 41.7. The van der Waals surface area contributed by atoms with E-state index in [1.165, 1.54) is 64.7 Å². The van der Waals surface area contributed by atoms with Gasteiger partial charge in [-0.05, 0) is 359 Å². The first kappa shape index (κ1) is 109. The Morgan fingerprint density at radius 1 is 0.324 bits per heavy atom. The smallest absolute Gasteiger partial charge is 0.325 e. The molecule has 0 saturated carbocycles. The Hall–Kier alpha value is -10.2. The third-order valence-corrected chi connectivity index (χ3v) is 31.1. The maximum absolute atomic E-state index is 15.1. The number of ether oxygens (including phenoxy) is 8. The normalized spacial score (nSPS) is 22.8. The minimum atomic E-state index is -1.04. The summed E-state index contributed by atoms with van der Waals surface area (Å²) in [5.41, 5.74) is 14.5. The molecule has 4 aromatic carbocycles. The summed E-state index contributed by atoms with van der Waals surface area (Å²) in [5.74, 6) is -1.51. The molecule has 4 unspecified atom stereocenters. The third kappa shape index (κ3) is 30.0. The lowest BCUT2D eigenvalue weighted by molar-refractivity contribution is -0.144. The number of halogens is 4. The molecular weight excluding hydrogens is 1890 g/mol. The topological polar surface area (TPSA) is 336 Å². The van der Waals surface area contributed by atoms with Crippen LogP contribution in [-0.2, 0) is 108 Å². The zero-order valence-corrected chi connectivity index (χ0v) is 85.9. The molecule has 148 heavy (non-hydrogen) atoms. The Morgan fingerprint density at radius 3 is 0.872 bits per heavy atom. The first-order valence-electron chi connectivity index (χ1n) is 55.2. The molecule has 12 atom stereocenters. The van der Waals surface area contributed by atoms with E-state index in [-0.39, 0.29) is 54.4 Å². The molecule has 0 bridgehead atoms. The number of hydrogen-bond donors (Lipinski definition) is 8. The Morgan fingerprint density at radius 2 is 0.601 bits per heavy atom. The molecule has 0 spiro atoms. The number of aliphatic carboxylic acids is 4. The molecule has 12 aliphatic rings. The van der Waals surface area contributed by atoms with Crippen molar-refractivity contribution in [2.24, 2.45) is 0 Å². The minimum Gasteiger partial charge on any atom is -0.480 e. The number of fused-ring (bicyclic) bond motifs is 4. The molecule has 0 aliphatic carbocycles. The number of aromatic nitrogens is 4. The average Bonchev–Trinajstić information content (AvgIpc) is 1.42. The number of unbranched alkanes of at least 4 members (excludes halogenated alkanes) is 4. The number of carbonyl (C=O) groups is 4. The molecule has 800 valence electrons. The second kappa shape index (κ2) is 55.2. The zero-order chi connectivity index (χ0) is 102. The summed E-state index contributed by atoms with van der Waals surface area (Å²) in [4.78, 5) is 76.3. The van der Waals surface area contributed by atoms with Gasteiger partial charge < -0.3 is 79.6 Å². The van der Waals surface area contributed by atoms with Gasteiger partial charge in [0.15, 0.2) is 0 Å². The highest BCUT2D eigenvalue weighted by molar-refractivity contribution is 5.79. The lowest BCUT2D eigenvalue weighted by Gasteiger charge is -2.30. The number of benzene rings is 4. The number of nitrogens with zero attached hydrogens (tertiary/aromatic N) is 8. The van der Waals surface area contributed by atoms with Gasteiger partial charge in [0.1, 0.15) is 70.7 Å². The second-order valence-electron chi connectivity index (χ2n) is 41.7. The van der Waals surface area contributed by atoms with Crippen LogP contribution in [-0.4, -0.2) is 240 Å². The SMILES string of the molecule is O=C(O)[C@@H](c1cc(F)ccc1C1CCCCO1)N1CC[C@@H](OCCCCc2ccc3c(n2)NCCC3)C1.O=C(O)[C@@H](c1cc(F)ccc1C1CCCCO1)N1CC[C@H](OCCCCc2ccc3c(n2)NCCC3)C1.O=C(O)[C@H](c1c(F)cccc1C1CCCCO1)N1CC[C@@H](OCCCCc2ccc3c(n2)NCCC3)C1.O=C(O)[C@H](c1cc(F)ccc1C1CCCCO1)N1CC[C@@H](OCCCCc2ccc3c(n2)NCCC3)C1. The number of aryl methyl sites for hydroxylation is 8. The minimum absolute atomic E-state index is 0.0177. The molecule has 0 radical (unpaired) electrons. The van der Waals surface area contributed by atoms with Crippen molar-refractivity contribution >= 4 is 47.1 Å². The molecule has 4 aromatic heterocycles. The molecule has 12 aliphatic heterocycles. The van der Waals surface area contributed by atoms with Crippen LogP contribution in [0.3, 0.4) is 0 Å². The quantitative estimate of drug-likeness (QED) is 0.0131. The van der Waals surface area contributed by atoms with E-state index in [0.29, 0.717) is 127 Å². The molecule has 16 heterocycles. The Balaban J connectivity index is 0.000000135. The highest BCUT2D eigenvalue weighted by atomic mass is 19.1. The van der Waals surface area contributed by atoms with Gasteiger partial charge in [0.05, 0.1) is 48.8 Å². The summed E-state index contributed by atoms with van der Waals surface area (Å²) >= 11 is 0. The first-order valence-corrected chi connectivity index (χ1v) is 55.2. The van der Waals surface area contributed by atoms with Crippen LogP contribution in [0.1, 0.15) is 318 Å². The highest BCUT2D eigenvalue weighted by Crippen LogP contribution is 2.44. The Kier molecular flexibility index (Phi) is 40.7. The van der Waals surface area contributed by atoms with Gasteiger partial charge in [-0.15, -0.1) is 0 Å². The first-order chi connectivity index (χ1) is 72.3. The van der Waals surface area contributed by atoms with Crippen LogP contribution in [0.25, 0.3) is 0 Å². The summed E-state index contributed by atoms with van der Waals surface area (Å²) < 4.78 is 106. The molecule has 20 rings (SSSR count). The van der Waals surface area contributed by atoms with E-state index < -0.39 is 71.3 Å². The van der Waals surface area contributed by atoms with E-state index in [2.05, 4.69) is 69.8 Å². The number of likely N-dealkylation sites (tertiary alicyclic amines) is 4. The summed E-state index contributed by atoms with van der Waals surface area (Å²) in [7, 11) is 0. The monoisotopic (exact) mass is 2050 g/mol. The lowest BCUT2D eigenvalue weighted by Crippen LogP contribution is -2.35. The van der Waals surface area contributed by atoms with Crippen LogP contribution < -0.4 is 21.3 Å². The molecule has 0 amide bonds. The lowest BCUT2D eigenvalue weighted by atomic mass is 9.91. The van der Waals surface area contributed by atoms with Crippen molar-refractivity contribution < 1.29 is 95.1 Å². The average molecular weight is 2050 g/mol. The van der Waals surface area contributed by atoms with E-state index in [1.807, 2.05) is 25.7 Å². The maximum atomic E-state index is 15.1. The molecule has 8 N–H and O–H groups in total. The van der Waals surface area contributed by atoms with Gasteiger partial charge in [0.25, 0.3) is 0 Å². The molecule has 32 heteroatoms. The number of carboxylic acid groups (broad SMARTS) is 4. The van der Waals surface area contributed by atoms with Crippen molar-refractivity contribution in [3.8, 4) is 0 Å². The van der Waals surface area contributed by atoms with Crippen molar-refractivity contribution in [1.29, 1.82) is 0 Å². The number of hydrogen-bond acceptors (Lipinski definition) is 24. The van der Waals surface area contributed by atoms with Gasteiger partial charge in [-0.25, -0.2) is 37.5 Å². The zero-order valence-electron chi connectivity index (χ0n) is 85.9.